The Morgan fingerprint density at radius 1 is 1.12 bits per heavy atom. The number of nitro groups is 1. The molecule has 0 saturated heterocycles. The first-order valence-electron chi connectivity index (χ1n) is 6.83. The van der Waals surface area contributed by atoms with Crippen molar-refractivity contribution in [2.75, 3.05) is 0 Å². The summed E-state index contributed by atoms with van der Waals surface area (Å²) in [5.74, 6) is 0. The fourth-order valence-electron chi connectivity index (χ4n) is 2.26. The molecule has 0 bridgehead atoms. The first kappa shape index (κ1) is 14.9. The molecule has 0 spiro atoms. The van der Waals surface area contributed by atoms with Crippen LogP contribution in [0.3, 0.4) is 0 Å². The van der Waals surface area contributed by atoms with Gasteiger partial charge in [0.1, 0.15) is 0 Å². The average Bonchev–Trinajstić information content (AvgIpc) is 3.20. The molecule has 7 nitrogen and oxygen atoms in total. The van der Waals surface area contributed by atoms with Crippen molar-refractivity contribution in [3.8, 4) is 15.7 Å². The third-order valence-electron chi connectivity index (χ3n) is 3.38. The van der Waals surface area contributed by atoms with Gasteiger partial charge < -0.3 is 0 Å². The Hall–Kier alpha value is -2.61. The molecule has 9 heteroatoms. The van der Waals surface area contributed by atoms with Crippen molar-refractivity contribution in [2.24, 2.45) is 0 Å². The van der Waals surface area contributed by atoms with Crippen LogP contribution in [0.4, 0.5) is 5.69 Å². The summed E-state index contributed by atoms with van der Waals surface area (Å²) in [6, 6.07) is 13.7. The van der Waals surface area contributed by atoms with Crippen molar-refractivity contribution in [3.63, 3.8) is 0 Å². The summed E-state index contributed by atoms with van der Waals surface area (Å²) in [6.07, 6.45) is 0. The van der Waals surface area contributed by atoms with Gasteiger partial charge in [0.2, 0.25) is 0 Å². The number of hydrogen-bond acceptors (Lipinski definition) is 6. The molecular weight excluding hydrogens is 395 g/mol. The Bertz CT molecular complexity index is 1130. The molecule has 0 unspecified atom stereocenters. The van der Waals surface area contributed by atoms with Crippen molar-refractivity contribution >= 4 is 41.4 Å². The summed E-state index contributed by atoms with van der Waals surface area (Å²) in [6.45, 7) is 0. The van der Waals surface area contributed by atoms with E-state index in [2.05, 4.69) is 10.2 Å². The fraction of sp³-hybridized carbons (Fsp3) is 0. The number of hydrogen-bond donors (Lipinski definition) is 0. The van der Waals surface area contributed by atoms with E-state index in [-0.39, 0.29) is 26.0 Å². The molecule has 2 aromatic heterocycles. The van der Waals surface area contributed by atoms with Gasteiger partial charge in [0.05, 0.1) is 0 Å². The molecule has 24 heavy (non-hydrogen) atoms. The first-order chi connectivity index (χ1) is 11.6. The molecule has 0 radical (unpaired) electrons. The van der Waals surface area contributed by atoms with Gasteiger partial charge in [-0.25, -0.2) is 0 Å². The van der Waals surface area contributed by atoms with E-state index in [1.54, 1.807) is 15.7 Å². The minimum absolute atomic E-state index is 0.00174. The van der Waals surface area contributed by atoms with Gasteiger partial charge in [-0.2, -0.15) is 0 Å². The second kappa shape index (κ2) is 5.79. The normalized spacial score (nSPS) is 11.0. The predicted octanol–water partition coefficient (Wildman–Crippen LogP) is 2.47. The van der Waals surface area contributed by atoms with Crippen LogP contribution >= 0.6 is 11.3 Å². The van der Waals surface area contributed by atoms with E-state index in [4.69, 9.17) is 0 Å². The number of aromatic nitrogens is 3. The topological polar surface area (TPSA) is 90.9 Å². The van der Waals surface area contributed by atoms with Gasteiger partial charge in [-0.1, -0.05) is 0 Å². The summed E-state index contributed by atoms with van der Waals surface area (Å²) in [4.78, 5) is 22.9. The summed E-state index contributed by atoms with van der Waals surface area (Å²) in [7, 11) is 0. The molecule has 0 atom stereocenters. The summed E-state index contributed by atoms with van der Waals surface area (Å²) >= 11 is 1.08. The Morgan fingerprint density at radius 3 is 2.75 bits per heavy atom. The second-order valence-corrected chi connectivity index (χ2v) is 7.91. The van der Waals surface area contributed by atoms with E-state index in [0.29, 0.717) is 21.1 Å². The van der Waals surface area contributed by atoms with Gasteiger partial charge in [0.25, 0.3) is 0 Å². The van der Waals surface area contributed by atoms with E-state index in [1.807, 2.05) is 24.3 Å². The molecule has 0 saturated carbocycles. The van der Waals surface area contributed by atoms with Crippen LogP contribution in [0.2, 0.25) is 0 Å². The zero-order valence-corrected chi connectivity index (χ0v) is 14.5. The van der Waals surface area contributed by atoms with Crippen LogP contribution in [0.15, 0.2) is 53.3 Å². The molecule has 4 aromatic rings. The van der Waals surface area contributed by atoms with Crippen LogP contribution in [0.25, 0.3) is 25.3 Å². The summed E-state index contributed by atoms with van der Waals surface area (Å²) in [5.41, 5.74) is 0.537. The van der Waals surface area contributed by atoms with E-state index >= 15 is 0 Å². The van der Waals surface area contributed by atoms with Gasteiger partial charge >= 0.3 is 145 Å². The van der Waals surface area contributed by atoms with Crippen LogP contribution in [0.1, 0.15) is 0 Å². The molecule has 0 aliphatic rings. The van der Waals surface area contributed by atoms with Gasteiger partial charge in [0, 0.05) is 0 Å². The van der Waals surface area contributed by atoms with Gasteiger partial charge in [-0.05, 0) is 0 Å². The molecule has 0 aliphatic heterocycles. The van der Waals surface area contributed by atoms with Gasteiger partial charge in [-0.3, -0.25) is 0 Å². The molecule has 2 aromatic carbocycles. The zero-order valence-electron chi connectivity index (χ0n) is 11.9. The number of nitro benzene ring substituents is 1. The molecule has 118 valence electrons. The Balaban J connectivity index is 1.80. The molecule has 0 amide bonds. The van der Waals surface area contributed by atoms with Crippen molar-refractivity contribution in [3.05, 3.63) is 69.0 Å². The average molecular weight is 403 g/mol. The molecule has 0 aliphatic carbocycles. The Morgan fingerprint density at radius 2 is 1.96 bits per heavy atom. The third kappa shape index (κ3) is 2.48. The van der Waals surface area contributed by atoms with Crippen LogP contribution in [0, 0.1) is 10.1 Å². The number of nitrogens with zero attached hydrogens (tertiary/aromatic N) is 4. The maximum absolute atomic E-state index is 12.5. The second-order valence-electron chi connectivity index (χ2n) is 4.88. The summed E-state index contributed by atoms with van der Waals surface area (Å²) in [5, 5.41) is 20.8. The van der Waals surface area contributed by atoms with Crippen LogP contribution in [0.5, 0.6) is 0 Å². The van der Waals surface area contributed by atoms with Crippen molar-refractivity contribution in [2.45, 2.75) is 0 Å². The third-order valence-corrected chi connectivity index (χ3v) is 6.86. The van der Waals surface area contributed by atoms with Crippen LogP contribution in [-0.2, 0) is 0 Å². The quantitative estimate of drug-likeness (QED) is 0.298. The van der Waals surface area contributed by atoms with Crippen molar-refractivity contribution < 1.29 is 4.92 Å². The van der Waals surface area contributed by atoms with E-state index < -0.39 is 4.92 Å². The standard InChI is InChI=1S/C15H8N4O3SSe/c20-14-11-6-1-2-7-12(11)24-18(14)15-17-16-13(23-15)9-4-3-5-10(8-9)19(21)22/h1-8H. The predicted molar refractivity (Wildman–Crippen MR) is 92.0 cm³/mol. The van der Waals surface area contributed by atoms with Crippen LogP contribution in [-0.4, -0.2) is 33.4 Å². The zero-order chi connectivity index (χ0) is 16.7. The van der Waals surface area contributed by atoms with Crippen molar-refractivity contribution in [1.29, 1.82) is 0 Å². The molecule has 2 heterocycles. The van der Waals surface area contributed by atoms with Gasteiger partial charge in [-0.15, -0.1) is 0 Å². The van der Waals surface area contributed by atoms with Gasteiger partial charge in [0.15, 0.2) is 0 Å². The fourth-order valence-corrected chi connectivity index (χ4v) is 5.30. The maximum atomic E-state index is 12.5. The monoisotopic (exact) mass is 404 g/mol. The Kier molecular flexibility index (Phi) is 3.61. The van der Waals surface area contributed by atoms with E-state index in [9.17, 15) is 14.9 Å². The Labute approximate surface area is 144 Å². The SMILES string of the molecule is O=c1c2ccccc2[se]n1-c1nnc(-c2cccc([N+](=O)[O-])c2)s1. The van der Waals surface area contributed by atoms with E-state index in [0.717, 1.165) is 4.26 Å². The number of non-ortho nitro benzene ring substituents is 1. The molecular formula is C15H8N4O3SSe. The van der Waals surface area contributed by atoms with E-state index in [1.165, 1.54) is 23.5 Å². The van der Waals surface area contributed by atoms with Crippen molar-refractivity contribution in [1.82, 2.24) is 13.8 Å². The molecule has 0 fully saturated rings. The van der Waals surface area contributed by atoms with Crippen LogP contribution < -0.4 is 5.56 Å². The molecule has 4 rings (SSSR count). The minimum atomic E-state index is -0.449. The number of benzene rings is 2. The number of rotatable bonds is 3. The number of fused-ring (bicyclic) bond motifs is 1. The summed E-state index contributed by atoms with van der Waals surface area (Å²) < 4.78 is 2.65. The first-order valence-corrected chi connectivity index (χ1v) is 9.27. The molecule has 0 N–H and O–H groups in total.